The van der Waals surface area contributed by atoms with Crippen molar-refractivity contribution in [1.82, 2.24) is 0 Å². The van der Waals surface area contributed by atoms with Gasteiger partial charge in [-0.15, -0.1) is 0 Å². The Labute approximate surface area is 158 Å². The Morgan fingerprint density at radius 3 is 2.40 bits per heavy atom. The fourth-order valence-electron chi connectivity index (χ4n) is 2.87. The van der Waals surface area contributed by atoms with Crippen molar-refractivity contribution in [3.8, 4) is 0 Å². The smallest absolute Gasteiger partial charge is 0.293 e. The fourth-order valence-corrected chi connectivity index (χ4v) is 6.64. The zero-order chi connectivity index (χ0) is 18.6. The van der Waals surface area contributed by atoms with E-state index in [4.69, 9.17) is 11.6 Å². The highest BCUT2D eigenvalue weighted by Crippen LogP contribution is 2.58. The standard InChI is InChI=1S/C18H21ClN2O2SSi/c1-18(2,3)25(4,5)20-13-8-6-7-9-15(13)24-17-12(19)10-11-14(16(17)20)21(22)23/h6-11H,1-5H3. The normalized spacial score (nSPS) is 14.1. The molecule has 2 aromatic rings. The minimum Gasteiger partial charge on any atom is -0.361 e. The van der Waals surface area contributed by atoms with Crippen molar-refractivity contribution in [2.24, 2.45) is 0 Å². The molecule has 0 N–H and O–H groups in total. The predicted octanol–water partition coefficient (Wildman–Crippen LogP) is 6.86. The Hall–Kier alpha value is -1.50. The zero-order valence-corrected chi connectivity index (χ0v) is 17.5. The summed E-state index contributed by atoms with van der Waals surface area (Å²) in [5, 5.41) is 12.3. The Morgan fingerprint density at radius 1 is 1.16 bits per heavy atom. The summed E-state index contributed by atoms with van der Waals surface area (Å²) in [4.78, 5) is 13.3. The average molecular weight is 393 g/mol. The summed E-state index contributed by atoms with van der Waals surface area (Å²) in [6.45, 7) is 11.1. The molecule has 1 aliphatic rings. The van der Waals surface area contributed by atoms with E-state index >= 15 is 0 Å². The van der Waals surface area contributed by atoms with Crippen LogP contribution in [0.5, 0.6) is 0 Å². The molecule has 0 fully saturated rings. The molecular weight excluding hydrogens is 372 g/mol. The van der Waals surface area contributed by atoms with Gasteiger partial charge < -0.3 is 4.57 Å². The number of halogens is 1. The van der Waals surface area contributed by atoms with Crippen LogP contribution in [-0.2, 0) is 0 Å². The molecule has 0 saturated heterocycles. The molecule has 0 radical (unpaired) electrons. The second-order valence-electron chi connectivity index (χ2n) is 7.72. The molecule has 0 saturated carbocycles. The fraction of sp³-hybridized carbons (Fsp3) is 0.333. The van der Waals surface area contributed by atoms with Crippen LogP contribution >= 0.6 is 23.4 Å². The lowest BCUT2D eigenvalue weighted by molar-refractivity contribution is -0.384. The Balaban J connectivity index is 2.39. The molecule has 0 unspecified atom stereocenters. The van der Waals surface area contributed by atoms with Crippen molar-refractivity contribution in [2.45, 2.75) is 48.7 Å². The Bertz CT molecular complexity index is 865. The van der Waals surface area contributed by atoms with Crippen LogP contribution in [0.4, 0.5) is 17.1 Å². The third-order valence-electron chi connectivity index (χ3n) is 5.20. The van der Waals surface area contributed by atoms with Crippen molar-refractivity contribution in [2.75, 3.05) is 4.57 Å². The molecule has 0 aromatic heterocycles. The Morgan fingerprint density at radius 2 is 1.80 bits per heavy atom. The number of nitro benzene ring substituents is 1. The first-order valence-corrected chi connectivity index (χ1v) is 12.2. The van der Waals surface area contributed by atoms with E-state index in [1.807, 2.05) is 12.1 Å². The number of anilines is 2. The van der Waals surface area contributed by atoms with Crippen LogP contribution in [0.15, 0.2) is 46.2 Å². The monoisotopic (exact) mass is 392 g/mol. The van der Waals surface area contributed by atoms with Crippen LogP contribution in [-0.4, -0.2) is 13.2 Å². The second kappa shape index (κ2) is 6.04. The molecule has 1 aliphatic heterocycles. The van der Waals surface area contributed by atoms with Crippen LogP contribution < -0.4 is 4.57 Å². The molecule has 0 bridgehead atoms. The quantitative estimate of drug-likeness (QED) is 0.318. The van der Waals surface area contributed by atoms with Gasteiger partial charge in [0.15, 0.2) is 8.24 Å². The maximum atomic E-state index is 11.8. The summed E-state index contributed by atoms with van der Waals surface area (Å²) < 4.78 is 2.23. The molecule has 132 valence electrons. The lowest BCUT2D eigenvalue weighted by Gasteiger charge is -2.49. The van der Waals surface area contributed by atoms with Gasteiger partial charge in [-0.3, -0.25) is 10.1 Å². The van der Waals surface area contributed by atoms with E-state index in [-0.39, 0.29) is 15.6 Å². The first-order chi connectivity index (χ1) is 11.6. The van der Waals surface area contributed by atoms with Crippen LogP contribution in [0.3, 0.4) is 0 Å². The number of benzene rings is 2. The van der Waals surface area contributed by atoms with Gasteiger partial charge in [0.2, 0.25) is 0 Å². The first-order valence-electron chi connectivity index (χ1n) is 8.09. The lowest BCUT2D eigenvalue weighted by atomic mass is 10.2. The number of para-hydroxylation sites is 1. The molecule has 0 spiro atoms. The lowest BCUT2D eigenvalue weighted by Crippen LogP contribution is -2.53. The highest BCUT2D eigenvalue weighted by atomic mass is 35.5. The summed E-state index contributed by atoms with van der Waals surface area (Å²) in [5.74, 6) is 0. The predicted molar refractivity (Wildman–Crippen MR) is 108 cm³/mol. The van der Waals surface area contributed by atoms with E-state index in [0.717, 1.165) is 15.5 Å². The van der Waals surface area contributed by atoms with Crippen LogP contribution in [0.1, 0.15) is 20.8 Å². The highest BCUT2D eigenvalue weighted by molar-refractivity contribution is 8.00. The van der Waals surface area contributed by atoms with Gasteiger partial charge in [-0.05, 0) is 23.2 Å². The first kappa shape index (κ1) is 18.3. The number of hydrogen-bond acceptors (Lipinski definition) is 4. The van der Waals surface area contributed by atoms with Gasteiger partial charge in [0.25, 0.3) is 5.69 Å². The number of nitro groups is 1. The number of nitrogens with zero attached hydrogens (tertiary/aromatic N) is 2. The van der Waals surface area contributed by atoms with E-state index in [9.17, 15) is 10.1 Å². The summed E-state index contributed by atoms with van der Waals surface area (Å²) in [6.07, 6.45) is 0. The summed E-state index contributed by atoms with van der Waals surface area (Å²) in [6, 6.07) is 11.2. The van der Waals surface area contributed by atoms with Crippen molar-refractivity contribution >= 4 is 48.7 Å². The van der Waals surface area contributed by atoms with Crippen LogP contribution in [0.25, 0.3) is 0 Å². The summed E-state index contributed by atoms with van der Waals surface area (Å²) >= 11 is 7.98. The maximum Gasteiger partial charge on any atom is 0.293 e. The van der Waals surface area contributed by atoms with Gasteiger partial charge in [-0.2, -0.15) is 0 Å². The van der Waals surface area contributed by atoms with Gasteiger partial charge in [0.1, 0.15) is 5.69 Å². The third-order valence-corrected chi connectivity index (χ3v) is 12.1. The second-order valence-corrected chi connectivity index (χ2v) is 14.2. The molecule has 3 rings (SSSR count). The summed E-state index contributed by atoms with van der Waals surface area (Å²) in [5.41, 5.74) is 1.80. The third kappa shape index (κ3) is 2.86. The molecule has 1 heterocycles. The minimum absolute atomic E-state index is 0.00950. The van der Waals surface area contributed by atoms with Crippen LogP contribution in [0, 0.1) is 10.1 Å². The van der Waals surface area contributed by atoms with Crippen molar-refractivity contribution in [1.29, 1.82) is 0 Å². The number of hydrogen-bond donors (Lipinski definition) is 0. The van der Waals surface area contributed by atoms with Gasteiger partial charge in [-0.25, -0.2) is 0 Å². The molecule has 0 atom stereocenters. The minimum atomic E-state index is -2.15. The van der Waals surface area contributed by atoms with E-state index in [1.54, 1.807) is 6.07 Å². The molecule has 7 heteroatoms. The van der Waals surface area contributed by atoms with E-state index in [2.05, 4.69) is 50.6 Å². The largest absolute Gasteiger partial charge is 0.361 e. The van der Waals surface area contributed by atoms with Crippen molar-refractivity contribution in [3.63, 3.8) is 0 Å². The molecular formula is C18H21ClN2O2SSi. The molecule has 0 amide bonds. The molecule has 4 nitrogen and oxygen atoms in total. The topological polar surface area (TPSA) is 46.4 Å². The molecule has 0 aliphatic carbocycles. The van der Waals surface area contributed by atoms with Crippen molar-refractivity contribution < 1.29 is 4.92 Å². The SMILES string of the molecule is CC(C)(C)[Si](C)(C)N1c2ccccc2Sc2c(Cl)ccc([N+](=O)[O-])c21. The number of rotatable bonds is 2. The maximum absolute atomic E-state index is 11.8. The summed E-state index contributed by atoms with van der Waals surface area (Å²) in [7, 11) is -2.15. The van der Waals surface area contributed by atoms with E-state index in [0.29, 0.717) is 10.7 Å². The van der Waals surface area contributed by atoms with Gasteiger partial charge >= 0.3 is 0 Å². The number of fused-ring (bicyclic) bond motifs is 2. The van der Waals surface area contributed by atoms with E-state index in [1.165, 1.54) is 17.8 Å². The zero-order valence-electron chi connectivity index (χ0n) is 15.0. The van der Waals surface area contributed by atoms with Gasteiger partial charge in [-0.1, -0.05) is 69.4 Å². The average Bonchev–Trinajstić information content (AvgIpc) is 2.51. The molecule has 25 heavy (non-hydrogen) atoms. The molecule has 2 aromatic carbocycles. The van der Waals surface area contributed by atoms with Gasteiger partial charge in [0.05, 0.1) is 14.8 Å². The van der Waals surface area contributed by atoms with E-state index < -0.39 is 8.24 Å². The highest BCUT2D eigenvalue weighted by Gasteiger charge is 2.47. The van der Waals surface area contributed by atoms with Crippen molar-refractivity contribution in [3.05, 3.63) is 51.5 Å². The Kier molecular flexibility index (Phi) is 4.42. The van der Waals surface area contributed by atoms with Gasteiger partial charge in [0, 0.05) is 16.6 Å². The van der Waals surface area contributed by atoms with Crippen LogP contribution in [0.2, 0.25) is 23.2 Å².